The first-order valence-corrected chi connectivity index (χ1v) is 13.3. The number of nitrogens with one attached hydrogen (secondary N) is 1. The summed E-state index contributed by atoms with van der Waals surface area (Å²) >= 11 is 0. The topological polar surface area (TPSA) is 105 Å². The third-order valence-corrected chi connectivity index (χ3v) is 7.74. The van der Waals surface area contributed by atoms with Crippen LogP contribution < -0.4 is 15.0 Å². The van der Waals surface area contributed by atoms with Crippen molar-refractivity contribution in [1.82, 2.24) is 9.79 Å². The van der Waals surface area contributed by atoms with Crippen LogP contribution in [0.4, 0.5) is 0 Å². The molecule has 2 N–H and O–H groups in total. The number of hydrogen-bond donors (Lipinski definition) is 2. The lowest BCUT2D eigenvalue weighted by Gasteiger charge is -2.23. The molecule has 3 aromatic rings. The Bertz CT molecular complexity index is 1310. The number of carbonyl (C=O) groups is 1. The van der Waals surface area contributed by atoms with Gasteiger partial charge >= 0.3 is 0 Å². The normalized spacial score (nSPS) is 11.6. The number of carbonyl (C=O) groups excluding carboxylic acids is 1. The SMILES string of the molecule is COc1ccc(CCN(CCCc2ccccc2)S(=O)(=O)c2cccc(/C=C/C(=O)NO)c2)cc1OC. The maximum absolute atomic E-state index is 13.7. The van der Waals surface area contributed by atoms with Gasteiger partial charge in [-0.05, 0) is 66.3 Å². The van der Waals surface area contributed by atoms with Crippen molar-refractivity contribution in [2.45, 2.75) is 24.2 Å². The van der Waals surface area contributed by atoms with Gasteiger partial charge in [-0.15, -0.1) is 0 Å². The molecule has 0 aliphatic rings. The molecule has 196 valence electrons. The fourth-order valence-corrected chi connectivity index (χ4v) is 5.42. The van der Waals surface area contributed by atoms with Crippen LogP contribution in [0, 0.1) is 0 Å². The molecule has 8 nitrogen and oxygen atoms in total. The second-order valence-corrected chi connectivity index (χ2v) is 10.3. The van der Waals surface area contributed by atoms with Crippen LogP contribution >= 0.6 is 0 Å². The van der Waals surface area contributed by atoms with E-state index in [1.807, 2.05) is 42.5 Å². The molecule has 0 fully saturated rings. The van der Waals surface area contributed by atoms with E-state index >= 15 is 0 Å². The standard InChI is InChI=1S/C28H32N2O6S/c1-35-26-15-13-24(21-27(26)36-2)17-19-30(18-7-11-22-8-4-3-5-9-22)37(33,34)25-12-6-10-23(20-25)14-16-28(31)29-32/h3-6,8-10,12-16,20-21,32H,7,11,17-19H2,1-2H3,(H,29,31)/b16-14+. The zero-order valence-electron chi connectivity index (χ0n) is 21.0. The molecule has 0 spiro atoms. The van der Waals surface area contributed by atoms with E-state index in [2.05, 4.69) is 0 Å². The summed E-state index contributed by atoms with van der Waals surface area (Å²) in [5.41, 5.74) is 4.11. The Kier molecular flexibility index (Phi) is 10.3. The Morgan fingerprint density at radius 1 is 0.892 bits per heavy atom. The molecule has 1 amide bonds. The molecule has 37 heavy (non-hydrogen) atoms. The Balaban J connectivity index is 1.83. The van der Waals surface area contributed by atoms with Gasteiger partial charge < -0.3 is 9.47 Å². The molecule has 9 heteroatoms. The molecule has 0 bridgehead atoms. The van der Waals surface area contributed by atoms with Crippen LogP contribution in [0.1, 0.15) is 23.1 Å². The zero-order valence-corrected chi connectivity index (χ0v) is 21.8. The first-order valence-electron chi connectivity index (χ1n) is 11.8. The van der Waals surface area contributed by atoms with Gasteiger partial charge in [-0.2, -0.15) is 4.31 Å². The Morgan fingerprint density at radius 3 is 2.35 bits per heavy atom. The number of methoxy groups -OCH3 is 2. The van der Waals surface area contributed by atoms with Crippen LogP contribution in [0.25, 0.3) is 6.08 Å². The van der Waals surface area contributed by atoms with Gasteiger partial charge in [-0.3, -0.25) is 10.0 Å². The van der Waals surface area contributed by atoms with Gasteiger partial charge in [0.15, 0.2) is 11.5 Å². The molecular weight excluding hydrogens is 492 g/mol. The summed E-state index contributed by atoms with van der Waals surface area (Å²) in [6.07, 6.45) is 4.46. The highest BCUT2D eigenvalue weighted by molar-refractivity contribution is 7.89. The quantitative estimate of drug-likeness (QED) is 0.198. The molecule has 0 unspecified atom stereocenters. The first kappa shape index (κ1) is 27.9. The van der Waals surface area contributed by atoms with Gasteiger partial charge in [0.2, 0.25) is 10.0 Å². The van der Waals surface area contributed by atoms with Gasteiger partial charge in [0.05, 0.1) is 19.1 Å². The number of hydroxylamine groups is 1. The largest absolute Gasteiger partial charge is 0.493 e. The van der Waals surface area contributed by atoms with Crippen molar-refractivity contribution in [3.8, 4) is 11.5 Å². The molecule has 3 rings (SSSR count). The van der Waals surface area contributed by atoms with E-state index in [9.17, 15) is 13.2 Å². The summed E-state index contributed by atoms with van der Waals surface area (Å²) in [4.78, 5) is 11.5. The van der Waals surface area contributed by atoms with Crippen molar-refractivity contribution in [2.24, 2.45) is 0 Å². The van der Waals surface area contributed by atoms with Gasteiger partial charge in [-0.25, -0.2) is 13.9 Å². The monoisotopic (exact) mass is 524 g/mol. The number of benzene rings is 3. The minimum absolute atomic E-state index is 0.131. The number of ether oxygens (including phenoxy) is 2. The predicted octanol–water partition coefficient (Wildman–Crippen LogP) is 4.09. The van der Waals surface area contributed by atoms with E-state index in [1.165, 1.54) is 21.9 Å². The molecule has 0 aliphatic heterocycles. The van der Waals surface area contributed by atoms with Gasteiger partial charge in [-0.1, -0.05) is 48.5 Å². The van der Waals surface area contributed by atoms with Crippen molar-refractivity contribution >= 4 is 22.0 Å². The summed E-state index contributed by atoms with van der Waals surface area (Å²) < 4.78 is 39.6. The van der Waals surface area contributed by atoms with Gasteiger partial charge in [0.25, 0.3) is 5.91 Å². The van der Waals surface area contributed by atoms with E-state index in [1.54, 1.807) is 38.5 Å². The molecule has 0 atom stereocenters. The lowest BCUT2D eigenvalue weighted by Crippen LogP contribution is -2.34. The van der Waals surface area contributed by atoms with E-state index in [0.717, 1.165) is 23.6 Å². The fourth-order valence-electron chi connectivity index (χ4n) is 3.88. The van der Waals surface area contributed by atoms with Crippen molar-refractivity contribution in [1.29, 1.82) is 0 Å². The van der Waals surface area contributed by atoms with Crippen LogP contribution in [-0.2, 0) is 27.7 Å². The highest BCUT2D eigenvalue weighted by Gasteiger charge is 2.24. The highest BCUT2D eigenvalue weighted by atomic mass is 32.2. The molecule has 0 saturated heterocycles. The fraction of sp³-hybridized carbons (Fsp3) is 0.250. The van der Waals surface area contributed by atoms with Gasteiger partial charge in [0.1, 0.15) is 0 Å². The highest BCUT2D eigenvalue weighted by Crippen LogP contribution is 2.28. The van der Waals surface area contributed by atoms with Crippen molar-refractivity contribution in [3.63, 3.8) is 0 Å². The average molecular weight is 525 g/mol. The number of sulfonamides is 1. The zero-order chi connectivity index (χ0) is 26.7. The molecule has 3 aromatic carbocycles. The van der Waals surface area contributed by atoms with Crippen LogP contribution in [0.3, 0.4) is 0 Å². The Labute approximate surface area is 218 Å². The lowest BCUT2D eigenvalue weighted by molar-refractivity contribution is -0.124. The van der Waals surface area contributed by atoms with Crippen LogP contribution in [0.2, 0.25) is 0 Å². The van der Waals surface area contributed by atoms with E-state index in [4.69, 9.17) is 14.7 Å². The summed E-state index contributed by atoms with van der Waals surface area (Å²) in [6.45, 7) is 0.622. The average Bonchev–Trinajstić information content (AvgIpc) is 2.93. The van der Waals surface area contributed by atoms with Crippen molar-refractivity contribution in [3.05, 3.63) is 95.6 Å². The molecule has 0 heterocycles. The van der Waals surface area contributed by atoms with Crippen LogP contribution in [0.5, 0.6) is 11.5 Å². The Hall–Kier alpha value is -3.66. The Morgan fingerprint density at radius 2 is 1.65 bits per heavy atom. The number of hydrogen-bond acceptors (Lipinski definition) is 6. The number of amides is 1. The maximum atomic E-state index is 13.7. The number of aryl methyl sites for hydroxylation is 1. The summed E-state index contributed by atoms with van der Waals surface area (Å²) in [7, 11) is -0.697. The molecular formula is C28H32N2O6S. The van der Waals surface area contributed by atoms with Crippen LogP contribution in [0.15, 0.2) is 83.8 Å². The van der Waals surface area contributed by atoms with Crippen LogP contribution in [-0.4, -0.2) is 51.1 Å². The second-order valence-electron chi connectivity index (χ2n) is 8.31. The first-order chi connectivity index (χ1) is 17.9. The minimum atomic E-state index is -3.83. The maximum Gasteiger partial charge on any atom is 0.267 e. The summed E-state index contributed by atoms with van der Waals surface area (Å²) in [6, 6.07) is 21.9. The third-order valence-electron chi connectivity index (χ3n) is 5.85. The molecule has 0 radical (unpaired) electrons. The summed E-state index contributed by atoms with van der Waals surface area (Å²) in [5.74, 6) is 0.494. The van der Waals surface area contributed by atoms with Gasteiger partial charge in [0, 0.05) is 19.2 Å². The minimum Gasteiger partial charge on any atom is -0.493 e. The number of nitrogens with zero attached hydrogens (tertiary/aromatic N) is 1. The molecule has 0 aliphatic carbocycles. The second kappa shape index (κ2) is 13.6. The van der Waals surface area contributed by atoms with E-state index < -0.39 is 15.9 Å². The smallest absolute Gasteiger partial charge is 0.267 e. The van der Waals surface area contributed by atoms with Crippen molar-refractivity contribution in [2.75, 3.05) is 27.3 Å². The number of rotatable bonds is 13. The van der Waals surface area contributed by atoms with E-state index in [0.29, 0.717) is 36.4 Å². The lowest BCUT2D eigenvalue weighted by atomic mass is 10.1. The molecule has 0 aromatic heterocycles. The third kappa shape index (κ3) is 7.91. The predicted molar refractivity (Wildman–Crippen MR) is 142 cm³/mol. The van der Waals surface area contributed by atoms with E-state index in [-0.39, 0.29) is 11.4 Å². The van der Waals surface area contributed by atoms with Crippen molar-refractivity contribution < 1.29 is 27.9 Å². The molecule has 0 saturated carbocycles. The summed E-state index contributed by atoms with van der Waals surface area (Å²) in [5, 5.41) is 8.68.